The minimum atomic E-state index is -0.602. The largest absolute Gasteiger partial charge is 0.383 e. The highest BCUT2D eigenvalue weighted by Gasteiger charge is 2.16. The first-order valence-electron chi connectivity index (χ1n) is 4.78. The summed E-state index contributed by atoms with van der Waals surface area (Å²) in [6.07, 6.45) is -0.602. The fraction of sp³-hybridized carbons (Fsp3) is 0.167. The van der Waals surface area contributed by atoms with Gasteiger partial charge in [-0.3, -0.25) is 0 Å². The van der Waals surface area contributed by atoms with E-state index in [1.807, 2.05) is 37.3 Å². The number of thiophene rings is 1. The number of aliphatic hydroxyl groups excluding tert-OH is 1. The lowest BCUT2D eigenvalue weighted by atomic mass is 10.0. The molecule has 0 amide bonds. The van der Waals surface area contributed by atoms with Crippen molar-refractivity contribution in [2.75, 3.05) is 0 Å². The highest BCUT2D eigenvalue weighted by Crippen LogP contribution is 2.37. The molecule has 0 aliphatic heterocycles. The molecule has 1 unspecified atom stereocenters. The topological polar surface area (TPSA) is 20.2 Å². The van der Waals surface area contributed by atoms with Crippen molar-refractivity contribution in [3.8, 4) is 0 Å². The highest BCUT2D eigenvalue weighted by atomic mass is 79.9. The van der Waals surface area contributed by atoms with Crippen LogP contribution in [0, 0.1) is 6.92 Å². The van der Waals surface area contributed by atoms with Gasteiger partial charge >= 0.3 is 0 Å². The molecular formula is C12H10BrClOS. The molecule has 0 aliphatic carbocycles. The Morgan fingerprint density at radius 2 is 2.06 bits per heavy atom. The smallest absolute Gasteiger partial charge is 0.114 e. The van der Waals surface area contributed by atoms with E-state index in [9.17, 15) is 5.11 Å². The predicted octanol–water partition coefficient (Wildman–Crippen LogP) is 4.55. The Labute approximate surface area is 112 Å². The van der Waals surface area contributed by atoms with E-state index in [0.29, 0.717) is 4.34 Å². The molecular weight excluding hydrogens is 308 g/mol. The van der Waals surface area contributed by atoms with Gasteiger partial charge in [0.15, 0.2) is 0 Å². The molecule has 0 saturated heterocycles. The molecule has 0 saturated carbocycles. The number of rotatable bonds is 2. The van der Waals surface area contributed by atoms with Crippen LogP contribution in [0.15, 0.2) is 34.8 Å². The summed E-state index contributed by atoms with van der Waals surface area (Å²) in [5.74, 6) is 0. The second-order valence-corrected chi connectivity index (χ2v) is 6.07. The second-order valence-electron chi connectivity index (χ2n) is 3.53. The van der Waals surface area contributed by atoms with Gasteiger partial charge in [0.1, 0.15) is 10.4 Å². The van der Waals surface area contributed by atoms with Gasteiger partial charge in [-0.1, -0.05) is 35.9 Å². The van der Waals surface area contributed by atoms with Gasteiger partial charge in [0.25, 0.3) is 0 Å². The first kappa shape index (κ1) is 12.1. The summed E-state index contributed by atoms with van der Waals surface area (Å²) in [5.41, 5.74) is 2.00. The van der Waals surface area contributed by atoms with Crippen LogP contribution < -0.4 is 0 Å². The number of benzene rings is 1. The van der Waals surface area contributed by atoms with Gasteiger partial charge in [-0.15, -0.1) is 11.3 Å². The van der Waals surface area contributed by atoms with Crippen molar-refractivity contribution in [2.24, 2.45) is 0 Å². The van der Waals surface area contributed by atoms with E-state index in [4.69, 9.17) is 11.6 Å². The van der Waals surface area contributed by atoms with Crippen molar-refractivity contribution in [3.05, 3.63) is 55.1 Å². The Hall–Kier alpha value is -0.350. The summed E-state index contributed by atoms with van der Waals surface area (Å²) in [7, 11) is 0. The number of hydrogen-bond acceptors (Lipinski definition) is 2. The van der Waals surface area contributed by atoms with E-state index < -0.39 is 6.10 Å². The Bertz CT molecular complexity index is 490. The van der Waals surface area contributed by atoms with E-state index in [0.717, 1.165) is 20.5 Å². The zero-order chi connectivity index (χ0) is 11.7. The zero-order valence-corrected chi connectivity index (χ0v) is 11.7. The summed E-state index contributed by atoms with van der Waals surface area (Å²) in [6.45, 7) is 1.99. The Morgan fingerprint density at radius 1 is 1.38 bits per heavy atom. The fourth-order valence-corrected chi connectivity index (χ4v) is 3.29. The number of halogens is 2. The van der Waals surface area contributed by atoms with Crippen molar-refractivity contribution in [2.45, 2.75) is 13.0 Å². The standard InChI is InChI=1S/C12H10BrClOS/c1-7-4-2-3-5-8(7)11(15)10-6-9(13)12(14)16-10/h2-6,11,15H,1H3. The maximum atomic E-state index is 10.2. The van der Waals surface area contributed by atoms with Crippen LogP contribution >= 0.6 is 38.9 Å². The molecule has 1 aromatic carbocycles. The van der Waals surface area contributed by atoms with Gasteiger partial charge in [-0.2, -0.15) is 0 Å². The molecule has 4 heteroatoms. The van der Waals surface area contributed by atoms with Crippen LogP contribution in [-0.4, -0.2) is 5.11 Å². The molecule has 84 valence electrons. The van der Waals surface area contributed by atoms with Gasteiger partial charge in [-0.05, 0) is 40.0 Å². The minimum absolute atomic E-state index is 0.602. The van der Waals surface area contributed by atoms with Crippen molar-refractivity contribution in [1.82, 2.24) is 0 Å². The molecule has 0 aliphatic rings. The maximum Gasteiger partial charge on any atom is 0.114 e. The number of hydrogen-bond donors (Lipinski definition) is 1. The summed E-state index contributed by atoms with van der Waals surface area (Å²) in [5, 5.41) is 10.2. The Balaban J connectivity index is 2.39. The average molecular weight is 318 g/mol. The molecule has 2 rings (SSSR count). The predicted molar refractivity (Wildman–Crippen MR) is 72.3 cm³/mol. The van der Waals surface area contributed by atoms with Crippen LogP contribution in [0.1, 0.15) is 22.1 Å². The minimum Gasteiger partial charge on any atom is -0.383 e. The van der Waals surface area contributed by atoms with E-state index in [-0.39, 0.29) is 0 Å². The van der Waals surface area contributed by atoms with Crippen LogP contribution in [-0.2, 0) is 0 Å². The zero-order valence-electron chi connectivity index (χ0n) is 8.58. The third-order valence-electron chi connectivity index (χ3n) is 2.42. The summed E-state index contributed by atoms with van der Waals surface area (Å²) < 4.78 is 1.50. The molecule has 0 bridgehead atoms. The Kier molecular flexibility index (Phi) is 3.70. The average Bonchev–Trinajstić information content (AvgIpc) is 2.59. The molecule has 1 aromatic heterocycles. The van der Waals surface area contributed by atoms with Crippen LogP contribution in [0.2, 0.25) is 4.34 Å². The maximum absolute atomic E-state index is 10.2. The third kappa shape index (κ3) is 2.33. The lowest BCUT2D eigenvalue weighted by Gasteiger charge is -2.11. The van der Waals surface area contributed by atoms with Crippen molar-refractivity contribution < 1.29 is 5.11 Å². The van der Waals surface area contributed by atoms with E-state index >= 15 is 0 Å². The molecule has 1 N–H and O–H groups in total. The molecule has 0 fully saturated rings. The van der Waals surface area contributed by atoms with Gasteiger partial charge < -0.3 is 5.11 Å². The monoisotopic (exact) mass is 316 g/mol. The van der Waals surface area contributed by atoms with Crippen molar-refractivity contribution in [1.29, 1.82) is 0 Å². The number of aliphatic hydroxyl groups is 1. The first-order chi connectivity index (χ1) is 7.59. The molecule has 0 spiro atoms. The molecule has 1 nitrogen and oxygen atoms in total. The third-order valence-corrected chi connectivity index (χ3v) is 4.94. The quantitative estimate of drug-likeness (QED) is 0.861. The second kappa shape index (κ2) is 4.88. The highest BCUT2D eigenvalue weighted by molar-refractivity contribution is 9.10. The summed E-state index contributed by atoms with van der Waals surface area (Å²) >= 11 is 10.7. The molecule has 1 atom stereocenters. The van der Waals surface area contributed by atoms with E-state index in [2.05, 4.69) is 15.9 Å². The molecule has 16 heavy (non-hydrogen) atoms. The van der Waals surface area contributed by atoms with Gasteiger partial charge in [-0.25, -0.2) is 0 Å². The van der Waals surface area contributed by atoms with Crippen molar-refractivity contribution in [3.63, 3.8) is 0 Å². The van der Waals surface area contributed by atoms with Crippen LogP contribution in [0.4, 0.5) is 0 Å². The van der Waals surface area contributed by atoms with E-state index in [1.165, 1.54) is 11.3 Å². The normalized spacial score (nSPS) is 12.8. The first-order valence-corrected chi connectivity index (χ1v) is 6.76. The van der Waals surface area contributed by atoms with Gasteiger partial charge in [0.2, 0.25) is 0 Å². The molecule has 1 heterocycles. The van der Waals surface area contributed by atoms with Gasteiger partial charge in [0.05, 0.1) is 0 Å². The van der Waals surface area contributed by atoms with Crippen LogP contribution in [0.25, 0.3) is 0 Å². The summed E-state index contributed by atoms with van der Waals surface area (Å²) in [6, 6.07) is 9.67. The summed E-state index contributed by atoms with van der Waals surface area (Å²) in [4.78, 5) is 0.853. The van der Waals surface area contributed by atoms with Gasteiger partial charge in [0, 0.05) is 9.35 Å². The molecule has 2 aromatic rings. The molecule has 0 radical (unpaired) electrons. The SMILES string of the molecule is Cc1ccccc1C(O)c1cc(Br)c(Cl)s1. The van der Waals surface area contributed by atoms with E-state index in [1.54, 1.807) is 0 Å². The Morgan fingerprint density at radius 3 is 2.62 bits per heavy atom. The van der Waals surface area contributed by atoms with Crippen molar-refractivity contribution >= 4 is 38.9 Å². The lowest BCUT2D eigenvalue weighted by Crippen LogP contribution is -1.99. The lowest BCUT2D eigenvalue weighted by molar-refractivity contribution is 0.223. The van der Waals surface area contributed by atoms with Crippen LogP contribution in [0.3, 0.4) is 0 Å². The fourth-order valence-electron chi connectivity index (χ4n) is 1.54. The number of aryl methyl sites for hydroxylation is 1. The van der Waals surface area contributed by atoms with Crippen LogP contribution in [0.5, 0.6) is 0 Å².